The van der Waals surface area contributed by atoms with Crippen molar-refractivity contribution in [2.75, 3.05) is 47.2 Å². The Balaban J connectivity index is 1.38. The fraction of sp³-hybridized carbons (Fsp3) is 0.227. The fourth-order valence-electron chi connectivity index (χ4n) is 3.21. The first-order valence-electron chi connectivity index (χ1n) is 9.94. The van der Waals surface area contributed by atoms with Gasteiger partial charge in [-0.25, -0.2) is 14.8 Å². The predicted molar refractivity (Wildman–Crippen MR) is 124 cm³/mol. The first-order chi connectivity index (χ1) is 15.0. The zero-order valence-electron chi connectivity index (χ0n) is 17.1. The second-order valence-corrected chi connectivity index (χ2v) is 7.49. The van der Waals surface area contributed by atoms with Crippen LogP contribution in [0.1, 0.15) is 5.82 Å². The molecule has 4 rings (SSSR count). The smallest absolute Gasteiger partial charge is 0.323 e. The van der Waals surface area contributed by atoms with Crippen molar-refractivity contribution in [1.82, 2.24) is 9.97 Å². The summed E-state index contributed by atoms with van der Waals surface area (Å²) in [4.78, 5) is 23.4. The number of morpholine rings is 1. The summed E-state index contributed by atoms with van der Waals surface area (Å²) in [6, 6.07) is 16.0. The van der Waals surface area contributed by atoms with Crippen molar-refractivity contribution >= 4 is 46.3 Å². The predicted octanol–water partition coefficient (Wildman–Crippen LogP) is 4.66. The van der Waals surface area contributed by atoms with Gasteiger partial charge in [-0.1, -0.05) is 17.7 Å². The Bertz CT molecular complexity index is 1050. The molecule has 2 amide bonds. The van der Waals surface area contributed by atoms with E-state index in [9.17, 15) is 4.79 Å². The number of ether oxygens (including phenoxy) is 1. The lowest BCUT2D eigenvalue weighted by molar-refractivity contribution is 0.122. The number of hydrogen-bond donors (Lipinski definition) is 3. The summed E-state index contributed by atoms with van der Waals surface area (Å²) in [6.45, 7) is 4.90. The SMILES string of the molecule is Cc1nc(Nc2ccc(NC(=O)Nc3cccc(Cl)c3)cc2)cc(N2CCOCC2)n1. The number of nitrogens with zero attached hydrogens (tertiary/aromatic N) is 3. The van der Waals surface area contributed by atoms with Crippen LogP contribution in [0.2, 0.25) is 5.02 Å². The zero-order valence-corrected chi connectivity index (χ0v) is 17.8. The van der Waals surface area contributed by atoms with Gasteiger partial charge in [0.25, 0.3) is 0 Å². The highest BCUT2D eigenvalue weighted by atomic mass is 35.5. The molecule has 9 heteroatoms. The van der Waals surface area contributed by atoms with Crippen LogP contribution in [0.3, 0.4) is 0 Å². The number of urea groups is 1. The molecule has 0 atom stereocenters. The van der Waals surface area contributed by atoms with Gasteiger partial charge in [0.15, 0.2) is 0 Å². The van der Waals surface area contributed by atoms with Gasteiger partial charge in [-0.3, -0.25) is 0 Å². The molecule has 0 bridgehead atoms. The van der Waals surface area contributed by atoms with Crippen LogP contribution < -0.4 is 20.9 Å². The maximum absolute atomic E-state index is 12.2. The Morgan fingerprint density at radius 2 is 1.68 bits per heavy atom. The topological polar surface area (TPSA) is 91.4 Å². The number of aromatic nitrogens is 2. The van der Waals surface area contributed by atoms with Crippen molar-refractivity contribution < 1.29 is 9.53 Å². The van der Waals surface area contributed by atoms with Crippen LogP contribution in [-0.2, 0) is 4.74 Å². The molecule has 1 saturated heterocycles. The second-order valence-electron chi connectivity index (χ2n) is 7.05. The highest BCUT2D eigenvalue weighted by Gasteiger charge is 2.14. The van der Waals surface area contributed by atoms with Crippen molar-refractivity contribution in [2.24, 2.45) is 0 Å². The molecule has 1 aromatic heterocycles. The van der Waals surface area contributed by atoms with E-state index < -0.39 is 0 Å². The summed E-state index contributed by atoms with van der Waals surface area (Å²) in [6.07, 6.45) is 0. The molecule has 2 aromatic carbocycles. The third-order valence-corrected chi connectivity index (χ3v) is 4.89. The van der Waals surface area contributed by atoms with E-state index >= 15 is 0 Å². The lowest BCUT2D eigenvalue weighted by atomic mass is 10.2. The van der Waals surface area contributed by atoms with E-state index in [2.05, 4.69) is 30.8 Å². The number of benzene rings is 2. The van der Waals surface area contributed by atoms with Gasteiger partial charge in [0.05, 0.1) is 13.2 Å². The molecule has 160 valence electrons. The molecule has 0 saturated carbocycles. The number of amides is 2. The van der Waals surface area contributed by atoms with E-state index in [0.29, 0.717) is 41.3 Å². The number of hydrogen-bond acceptors (Lipinski definition) is 6. The summed E-state index contributed by atoms with van der Waals surface area (Å²) in [7, 11) is 0. The van der Waals surface area contributed by atoms with E-state index in [1.165, 1.54) is 0 Å². The van der Waals surface area contributed by atoms with Gasteiger partial charge in [-0.2, -0.15) is 0 Å². The third kappa shape index (κ3) is 5.84. The van der Waals surface area contributed by atoms with Gasteiger partial charge in [0.1, 0.15) is 17.5 Å². The summed E-state index contributed by atoms with van der Waals surface area (Å²) < 4.78 is 5.41. The largest absolute Gasteiger partial charge is 0.378 e. The van der Waals surface area contributed by atoms with Crippen LogP contribution in [0, 0.1) is 6.92 Å². The quantitative estimate of drug-likeness (QED) is 0.536. The minimum Gasteiger partial charge on any atom is -0.378 e. The molecule has 1 fully saturated rings. The number of carbonyl (C=O) groups is 1. The van der Waals surface area contributed by atoms with Crippen molar-refractivity contribution in [3.8, 4) is 0 Å². The fourth-order valence-corrected chi connectivity index (χ4v) is 3.41. The number of aryl methyl sites for hydroxylation is 1. The summed E-state index contributed by atoms with van der Waals surface area (Å²) in [5.74, 6) is 2.30. The summed E-state index contributed by atoms with van der Waals surface area (Å²) >= 11 is 5.94. The van der Waals surface area contributed by atoms with Gasteiger partial charge in [-0.15, -0.1) is 0 Å². The van der Waals surface area contributed by atoms with Gasteiger partial charge < -0.3 is 25.6 Å². The maximum atomic E-state index is 12.2. The minimum absolute atomic E-state index is 0.343. The van der Waals surface area contributed by atoms with E-state index in [1.54, 1.807) is 24.3 Å². The van der Waals surface area contributed by atoms with E-state index in [0.717, 1.165) is 24.6 Å². The monoisotopic (exact) mass is 438 g/mol. The number of carbonyl (C=O) groups excluding carboxylic acids is 1. The first-order valence-corrected chi connectivity index (χ1v) is 10.3. The molecule has 0 unspecified atom stereocenters. The average Bonchev–Trinajstić information content (AvgIpc) is 2.75. The summed E-state index contributed by atoms with van der Waals surface area (Å²) in [5, 5.41) is 9.40. The first kappa shape index (κ1) is 20.9. The molecule has 8 nitrogen and oxygen atoms in total. The molecule has 1 aliphatic rings. The van der Waals surface area contributed by atoms with E-state index in [4.69, 9.17) is 16.3 Å². The molecule has 3 aromatic rings. The van der Waals surface area contributed by atoms with Gasteiger partial charge in [0.2, 0.25) is 0 Å². The number of anilines is 5. The van der Waals surface area contributed by atoms with Crippen LogP contribution >= 0.6 is 11.6 Å². The minimum atomic E-state index is -0.343. The molecule has 31 heavy (non-hydrogen) atoms. The molecule has 1 aliphatic heterocycles. The Labute approximate surface area is 185 Å². The molecule has 2 heterocycles. The average molecular weight is 439 g/mol. The molecule has 0 radical (unpaired) electrons. The van der Waals surface area contributed by atoms with E-state index in [-0.39, 0.29) is 6.03 Å². The lowest BCUT2D eigenvalue weighted by Gasteiger charge is -2.28. The van der Waals surface area contributed by atoms with Crippen LogP contribution in [0.25, 0.3) is 0 Å². The van der Waals surface area contributed by atoms with Crippen LogP contribution in [0.5, 0.6) is 0 Å². The highest BCUT2D eigenvalue weighted by Crippen LogP contribution is 2.22. The van der Waals surface area contributed by atoms with Crippen molar-refractivity contribution in [3.05, 3.63) is 65.4 Å². The van der Waals surface area contributed by atoms with Gasteiger partial charge >= 0.3 is 6.03 Å². The van der Waals surface area contributed by atoms with E-state index in [1.807, 2.05) is 37.3 Å². The highest BCUT2D eigenvalue weighted by molar-refractivity contribution is 6.30. The molecular weight excluding hydrogens is 416 g/mol. The Morgan fingerprint density at radius 1 is 0.968 bits per heavy atom. The van der Waals surface area contributed by atoms with Crippen LogP contribution in [0.15, 0.2) is 54.6 Å². The third-order valence-electron chi connectivity index (χ3n) is 4.66. The van der Waals surface area contributed by atoms with Gasteiger partial charge in [-0.05, 0) is 49.4 Å². The Morgan fingerprint density at radius 3 is 2.42 bits per heavy atom. The van der Waals surface area contributed by atoms with Gasteiger partial charge in [0, 0.05) is 41.2 Å². The number of nitrogens with one attached hydrogen (secondary N) is 3. The van der Waals surface area contributed by atoms with Crippen molar-refractivity contribution in [3.63, 3.8) is 0 Å². The van der Waals surface area contributed by atoms with Crippen molar-refractivity contribution in [2.45, 2.75) is 6.92 Å². The Hall–Kier alpha value is -3.36. The molecular formula is C22H23ClN6O2. The van der Waals surface area contributed by atoms with Crippen LogP contribution in [-0.4, -0.2) is 42.3 Å². The maximum Gasteiger partial charge on any atom is 0.323 e. The molecule has 0 aliphatic carbocycles. The van der Waals surface area contributed by atoms with Crippen molar-refractivity contribution in [1.29, 1.82) is 0 Å². The van der Waals surface area contributed by atoms with Crippen LogP contribution in [0.4, 0.5) is 33.5 Å². The number of halogens is 1. The lowest BCUT2D eigenvalue weighted by Crippen LogP contribution is -2.36. The standard InChI is InChI=1S/C22H23ClN6O2/c1-15-24-20(14-21(25-15)29-9-11-31-12-10-29)26-17-5-7-18(8-6-17)27-22(30)28-19-4-2-3-16(23)13-19/h2-8,13-14H,9-12H2,1H3,(H,24,25,26)(H2,27,28,30). The normalized spacial score (nSPS) is 13.5. The zero-order chi connectivity index (χ0) is 21.6. The Kier molecular flexibility index (Phi) is 6.49. The second kappa shape index (κ2) is 9.63. The molecule has 3 N–H and O–H groups in total. The number of rotatable bonds is 5. The molecule has 0 spiro atoms. The summed E-state index contributed by atoms with van der Waals surface area (Å²) in [5.41, 5.74) is 2.14.